The minimum absolute atomic E-state index is 0.0108. The van der Waals surface area contributed by atoms with Crippen LogP contribution in [0.15, 0.2) is 18.2 Å². The van der Waals surface area contributed by atoms with E-state index < -0.39 is 0 Å². The molecule has 1 amide bonds. The molecular weight excluding hydrogens is 387 g/mol. The third kappa shape index (κ3) is 3.83. The van der Waals surface area contributed by atoms with Gasteiger partial charge in [-0.05, 0) is 49.8 Å². The number of hydrogen-bond acceptors (Lipinski definition) is 5. The fraction of sp³-hybridized carbons (Fsp3) is 0.696. The van der Waals surface area contributed by atoms with Gasteiger partial charge < -0.3 is 19.5 Å². The van der Waals surface area contributed by atoms with Crippen LogP contribution in [0, 0.1) is 23.6 Å². The third-order valence-electron chi connectivity index (χ3n) is 7.40. The largest absolute Gasteiger partial charge is 0.493 e. The quantitative estimate of drug-likeness (QED) is 0.816. The molecule has 1 aromatic rings. The minimum Gasteiger partial charge on any atom is -0.493 e. The van der Waals surface area contributed by atoms with E-state index in [-0.39, 0.29) is 35.7 Å². The Labute approximate surface area is 176 Å². The molecule has 7 heteroatoms. The SMILES string of the molecule is O=C([C@@H]1CN(CC2CCOCC2)[C@H]2c3cc(F)ccc3OC[C@@H]12)N1CCC(O)CC1. The van der Waals surface area contributed by atoms with Crippen LogP contribution in [-0.4, -0.2) is 72.9 Å². The first-order chi connectivity index (χ1) is 14.6. The second-order valence-corrected chi connectivity index (χ2v) is 9.27. The summed E-state index contributed by atoms with van der Waals surface area (Å²) in [6.07, 6.45) is 3.04. The summed E-state index contributed by atoms with van der Waals surface area (Å²) in [4.78, 5) is 17.8. The molecule has 5 rings (SSSR count). The molecule has 3 saturated heterocycles. The molecule has 30 heavy (non-hydrogen) atoms. The second kappa shape index (κ2) is 8.44. The lowest BCUT2D eigenvalue weighted by Crippen LogP contribution is -2.45. The van der Waals surface area contributed by atoms with Crippen molar-refractivity contribution in [3.63, 3.8) is 0 Å². The maximum absolute atomic E-state index is 14.1. The predicted molar refractivity (Wildman–Crippen MR) is 109 cm³/mol. The maximum atomic E-state index is 14.1. The number of ether oxygens (including phenoxy) is 2. The molecule has 0 unspecified atom stereocenters. The zero-order chi connectivity index (χ0) is 20.7. The summed E-state index contributed by atoms with van der Waals surface area (Å²) in [5.41, 5.74) is 0.877. The fourth-order valence-electron chi connectivity index (χ4n) is 5.73. The molecular formula is C23H31FN2O4. The van der Waals surface area contributed by atoms with E-state index >= 15 is 0 Å². The van der Waals surface area contributed by atoms with E-state index in [4.69, 9.17) is 9.47 Å². The van der Waals surface area contributed by atoms with Gasteiger partial charge >= 0.3 is 0 Å². The van der Waals surface area contributed by atoms with Crippen LogP contribution >= 0.6 is 0 Å². The Bertz CT molecular complexity index is 776. The van der Waals surface area contributed by atoms with Crippen molar-refractivity contribution in [1.82, 2.24) is 9.80 Å². The van der Waals surface area contributed by atoms with Crippen molar-refractivity contribution in [2.75, 3.05) is 46.0 Å². The molecule has 0 spiro atoms. The predicted octanol–water partition coefficient (Wildman–Crippen LogP) is 2.22. The summed E-state index contributed by atoms with van der Waals surface area (Å²) < 4.78 is 25.6. The number of rotatable bonds is 3. The highest BCUT2D eigenvalue weighted by Crippen LogP contribution is 2.48. The van der Waals surface area contributed by atoms with E-state index in [9.17, 15) is 14.3 Å². The standard InChI is InChI=1S/C23H31FN2O4/c24-16-1-2-21-18(11-16)22-20(14-30-21)19(23(28)25-7-3-17(27)4-8-25)13-26(22)12-15-5-9-29-10-6-15/h1-2,11,15,17,19-20,22,27H,3-10,12-14H2/t19-,20+,22+/m1/s1. The van der Waals surface area contributed by atoms with E-state index in [0.717, 1.165) is 43.9 Å². The molecule has 0 bridgehead atoms. The molecule has 4 heterocycles. The monoisotopic (exact) mass is 418 g/mol. The molecule has 4 aliphatic heterocycles. The first kappa shape index (κ1) is 20.2. The lowest BCUT2D eigenvalue weighted by molar-refractivity contribution is -0.138. The van der Waals surface area contributed by atoms with Crippen molar-refractivity contribution in [2.45, 2.75) is 37.8 Å². The second-order valence-electron chi connectivity index (χ2n) is 9.27. The van der Waals surface area contributed by atoms with Crippen LogP contribution in [-0.2, 0) is 9.53 Å². The summed E-state index contributed by atoms with van der Waals surface area (Å²) in [7, 11) is 0. The van der Waals surface area contributed by atoms with Gasteiger partial charge in [-0.25, -0.2) is 4.39 Å². The van der Waals surface area contributed by atoms with Gasteiger partial charge in [0.2, 0.25) is 5.91 Å². The molecule has 1 aromatic carbocycles. The van der Waals surface area contributed by atoms with E-state index in [2.05, 4.69) is 4.90 Å². The van der Waals surface area contributed by atoms with Crippen LogP contribution in [0.4, 0.5) is 4.39 Å². The summed E-state index contributed by atoms with van der Waals surface area (Å²) >= 11 is 0. The lowest BCUT2D eigenvalue weighted by atomic mass is 9.84. The zero-order valence-corrected chi connectivity index (χ0v) is 17.3. The summed E-state index contributed by atoms with van der Waals surface area (Å²) in [6.45, 7) is 4.88. The molecule has 0 saturated carbocycles. The molecule has 0 aromatic heterocycles. The third-order valence-corrected chi connectivity index (χ3v) is 7.40. The summed E-state index contributed by atoms with van der Waals surface area (Å²) in [5, 5.41) is 9.81. The lowest BCUT2D eigenvalue weighted by Gasteiger charge is -2.37. The number of likely N-dealkylation sites (tertiary alicyclic amines) is 2. The van der Waals surface area contributed by atoms with Crippen molar-refractivity contribution >= 4 is 5.91 Å². The Balaban J connectivity index is 1.41. The number of carbonyl (C=O) groups excluding carboxylic acids is 1. The fourth-order valence-corrected chi connectivity index (χ4v) is 5.73. The number of hydrogen-bond donors (Lipinski definition) is 1. The van der Waals surface area contributed by atoms with Crippen molar-refractivity contribution in [3.8, 4) is 5.75 Å². The number of aliphatic hydroxyl groups is 1. The number of piperidine rings is 1. The van der Waals surface area contributed by atoms with Gasteiger partial charge in [0, 0.05) is 56.9 Å². The van der Waals surface area contributed by atoms with Crippen molar-refractivity contribution in [1.29, 1.82) is 0 Å². The van der Waals surface area contributed by atoms with Crippen LogP contribution in [0.1, 0.15) is 37.3 Å². The van der Waals surface area contributed by atoms with Crippen LogP contribution in [0.3, 0.4) is 0 Å². The van der Waals surface area contributed by atoms with Crippen LogP contribution in [0.5, 0.6) is 5.75 Å². The average Bonchev–Trinajstić information content (AvgIpc) is 3.13. The van der Waals surface area contributed by atoms with E-state index in [1.807, 2.05) is 4.90 Å². The summed E-state index contributed by atoms with van der Waals surface area (Å²) in [6, 6.07) is 4.76. The number of amides is 1. The van der Waals surface area contributed by atoms with Gasteiger partial charge in [0.15, 0.2) is 0 Å². The van der Waals surface area contributed by atoms with Gasteiger partial charge in [0.05, 0.1) is 18.6 Å². The smallest absolute Gasteiger partial charge is 0.227 e. The van der Waals surface area contributed by atoms with Crippen LogP contribution in [0.25, 0.3) is 0 Å². The molecule has 1 N–H and O–H groups in total. The minimum atomic E-state index is -0.303. The Hall–Kier alpha value is -1.70. The number of halogens is 1. The number of carbonyl (C=O) groups is 1. The topological polar surface area (TPSA) is 62.2 Å². The van der Waals surface area contributed by atoms with Gasteiger partial charge in [-0.2, -0.15) is 0 Å². The molecule has 0 aliphatic carbocycles. The molecule has 3 atom stereocenters. The van der Waals surface area contributed by atoms with Crippen molar-refractivity contribution in [3.05, 3.63) is 29.6 Å². The van der Waals surface area contributed by atoms with Crippen LogP contribution < -0.4 is 4.74 Å². The van der Waals surface area contributed by atoms with E-state index in [1.165, 1.54) is 6.07 Å². The summed E-state index contributed by atoms with van der Waals surface area (Å²) in [5.74, 6) is 1.06. The highest BCUT2D eigenvalue weighted by atomic mass is 19.1. The van der Waals surface area contributed by atoms with Gasteiger partial charge in [0.25, 0.3) is 0 Å². The van der Waals surface area contributed by atoms with Crippen LogP contribution in [0.2, 0.25) is 0 Å². The molecule has 4 aliphatic rings. The Kier molecular flexibility index (Phi) is 5.69. The number of nitrogens with zero attached hydrogens (tertiary/aromatic N) is 2. The molecule has 6 nitrogen and oxygen atoms in total. The number of aliphatic hydroxyl groups excluding tert-OH is 1. The number of fused-ring (bicyclic) bond motifs is 3. The maximum Gasteiger partial charge on any atom is 0.227 e. The Morgan fingerprint density at radius 2 is 1.93 bits per heavy atom. The Morgan fingerprint density at radius 1 is 1.17 bits per heavy atom. The van der Waals surface area contributed by atoms with Gasteiger partial charge in [-0.15, -0.1) is 0 Å². The van der Waals surface area contributed by atoms with Gasteiger partial charge in [-0.1, -0.05) is 0 Å². The number of benzene rings is 1. The zero-order valence-electron chi connectivity index (χ0n) is 17.3. The van der Waals surface area contributed by atoms with Crippen molar-refractivity contribution in [2.24, 2.45) is 17.8 Å². The molecule has 3 fully saturated rings. The van der Waals surface area contributed by atoms with Gasteiger partial charge in [0.1, 0.15) is 11.6 Å². The van der Waals surface area contributed by atoms with Crippen molar-refractivity contribution < 1.29 is 23.8 Å². The first-order valence-corrected chi connectivity index (χ1v) is 11.3. The van der Waals surface area contributed by atoms with E-state index in [1.54, 1.807) is 12.1 Å². The highest BCUT2D eigenvalue weighted by Gasteiger charge is 2.50. The Morgan fingerprint density at radius 3 is 2.70 bits per heavy atom. The molecule has 164 valence electrons. The normalized spacial score (nSPS) is 30.6. The highest BCUT2D eigenvalue weighted by molar-refractivity contribution is 5.80. The van der Waals surface area contributed by atoms with E-state index in [0.29, 0.717) is 45.0 Å². The van der Waals surface area contributed by atoms with Gasteiger partial charge in [-0.3, -0.25) is 9.69 Å². The molecule has 0 radical (unpaired) electrons. The average molecular weight is 419 g/mol. The first-order valence-electron chi connectivity index (χ1n) is 11.3.